The van der Waals surface area contributed by atoms with Gasteiger partial charge in [-0.25, -0.2) is 9.78 Å². The minimum absolute atomic E-state index is 0.0883. The molecule has 8 heteroatoms. The highest BCUT2D eigenvalue weighted by Crippen LogP contribution is 2.27. The second-order valence-electron chi connectivity index (χ2n) is 5.80. The zero-order valence-electron chi connectivity index (χ0n) is 14.4. The molecule has 1 aromatic carbocycles. The molecule has 0 saturated heterocycles. The Bertz CT molecular complexity index is 1100. The van der Waals surface area contributed by atoms with Crippen LogP contribution in [0.5, 0.6) is 5.75 Å². The summed E-state index contributed by atoms with van der Waals surface area (Å²) in [6.07, 6.45) is 1.38. The lowest BCUT2D eigenvalue weighted by atomic mass is 10.1. The first-order valence-electron chi connectivity index (χ1n) is 7.73. The normalized spacial score (nSPS) is 10.9. The summed E-state index contributed by atoms with van der Waals surface area (Å²) in [4.78, 5) is 40.5. The molecule has 3 aromatic rings. The number of aryl methyl sites for hydroxylation is 1. The molecule has 0 aliphatic rings. The third kappa shape index (κ3) is 2.99. The molecule has 2 aromatic heterocycles. The molecule has 7 nitrogen and oxygen atoms in total. The Balaban J connectivity index is 2.13. The molecule has 26 heavy (non-hydrogen) atoms. The van der Waals surface area contributed by atoms with Gasteiger partial charge < -0.3 is 9.84 Å². The number of rotatable bonds is 5. The third-order valence-electron chi connectivity index (χ3n) is 4.14. The van der Waals surface area contributed by atoms with E-state index in [4.69, 9.17) is 4.74 Å². The van der Waals surface area contributed by atoms with Crippen molar-refractivity contribution < 1.29 is 19.4 Å². The van der Waals surface area contributed by atoms with Gasteiger partial charge in [0.25, 0.3) is 5.56 Å². The second-order valence-corrected chi connectivity index (χ2v) is 6.80. The van der Waals surface area contributed by atoms with Gasteiger partial charge in [0.15, 0.2) is 5.78 Å². The van der Waals surface area contributed by atoms with E-state index in [1.54, 1.807) is 25.1 Å². The summed E-state index contributed by atoms with van der Waals surface area (Å²) in [6.45, 7) is 3.23. The SMILES string of the molecule is COc1ccc(C(C)=O)cc1Cn1cnc2sc(C(=O)O)c(C)c2c1=O. The molecule has 0 aliphatic carbocycles. The number of fused-ring (bicyclic) bond motifs is 1. The molecule has 0 fully saturated rings. The lowest BCUT2D eigenvalue weighted by Crippen LogP contribution is -2.21. The first-order chi connectivity index (χ1) is 12.3. The standard InChI is InChI=1S/C18H16N2O5S/c1-9-14-16(26-15(9)18(23)24)19-8-20(17(14)22)7-12-6-11(10(2)21)4-5-13(12)25-3/h4-6,8H,7H2,1-3H3,(H,23,24). The molecule has 0 aliphatic heterocycles. The Kier molecular flexibility index (Phi) is 4.60. The monoisotopic (exact) mass is 372 g/mol. The number of nitrogens with zero attached hydrogens (tertiary/aromatic N) is 2. The van der Waals surface area contributed by atoms with Gasteiger partial charge in [0, 0.05) is 11.1 Å². The van der Waals surface area contributed by atoms with Gasteiger partial charge in [0.2, 0.25) is 0 Å². The molecule has 0 amide bonds. The maximum atomic E-state index is 12.8. The van der Waals surface area contributed by atoms with E-state index >= 15 is 0 Å². The van der Waals surface area contributed by atoms with Crippen molar-refractivity contribution in [2.45, 2.75) is 20.4 Å². The number of thiophene rings is 1. The van der Waals surface area contributed by atoms with Crippen LogP contribution in [0, 0.1) is 6.92 Å². The van der Waals surface area contributed by atoms with Crippen LogP contribution in [0.15, 0.2) is 29.3 Å². The predicted molar refractivity (Wildman–Crippen MR) is 97.7 cm³/mol. The van der Waals surface area contributed by atoms with Gasteiger partial charge in [-0.15, -0.1) is 11.3 Å². The van der Waals surface area contributed by atoms with Gasteiger partial charge >= 0.3 is 5.97 Å². The van der Waals surface area contributed by atoms with E-state index in [2.05, 4.69) is 4.98 Å². The number of carboxylic acids is 1. The highest BCUT2D eigenvalue weighted by atomic mass is 32.1. The summed E-state index contributed by atoms with van der Waals surface area (Å²) in [5.41, 5.74) is 1.26. The smallest absolute Gasteiger partial charge is 0.346 e. The lowest BCUT2D eigenvalue weighted by Gasteiger charge is -2.11. The largest absolute Gasteiger partial charge is 0.496 e. The third-order valence-corrected chi connectivity index (χ3v) is 5.33. The van der Waals surface area contributed by atoms with Crippen molar-refractivity contribution in [2.75, 3.05) is 7.11 Å². The molecule has 0 saturated carbocycles. The number of Topliss-reactive ketones (excluding diaryl/α,β-unsaturated/α-hetero) is 1. The minimum Gasteiger partial charge on any atom is -0.496 e. The Morgan fingerprint density at radius 2 is 2.08 bits per heavy atom. The number of carbonyl (C=O) groups is 2. The molecule has 0 unspecified atom stereocenters. The first-order valence-corrected chi connectivity index (χ1v) is 8.54. The van der Waals surface area contributed by atoms with Gasteiger partial charge in [0.05, 0.1) is 25.4 Å². The van der Waals surface area contributed by atoms with Gasteiger partial charge in [-0.2, -0.15) is 0 Å². The van der Waals surface area contributed by atoms with Crippen LogP contribution < -0.4 is 10.3 Å². The van der Waals surface area contributed by atoms with Crippen LogP contribution in [0.3, 0.4) is 0 Å². The number of hydrogen-bond acceptors (Lipinski definition) is 6. The first kappa shape index (κ1) is 17.8. The van der Waals surface area contributed by atoms with Crippen LogP contribution in [0.2, 0.25) is 0 Å². The Labute approximate surface area is 152 Å². The number of hydrogen-bond donors (Lipinski definition) is 1. The molecule has 2 heterocycles. The van der Waals surface area contributed by atoms with Crippen LogP contribution in [0.25, 0.3) is 10.2 Å². The van der Waals surface area contributed by atoms with E-state index in [0.29, 0.717) is 32.7 Å². The Morgan fingerprint density at radius 3 is 2.69 bits per heavy atom. The number of carbonyl (C=O) groups excluding carboxylic acids is 1. The quantitative estimate of drug-likeness (QED) is 0.692. The van der Waals surface area contributed by atoms with Crippen LogP contribution >= 0.6 is 11.3 Å². The van der Waals surface area contributed by atoms with E-state index in [0.717, 1.165) is 11.3 Å². The van der Waals surface area contributed by atoms with E-state index in [9.17, 15) is 19.5 Å². The van der Waals surface area contributed by atoms with Crippen molar-refractivity contribution in [3.8, 4) is 5.75 Å². The van der Waals surface area contributed by atoms with Crippen LogP contribution in [0.1, 0.15) is 38.1 Å². The number of ketones is 1. The van der Waals surface area contributed by atoms with E-state index in [-0.39, 0.29) is 22.8 Å². The van der Waals surface area contributed by atoms with Crippen molar-refractivity contribution in [3.05, 3.63) is 56.4 Å². The Morgan fingerprint density at radius 1 is 1.35 bits per heavy atom. The molecule has 0 atom stereocenters. The molecule has 1 N–H and O–H groups in total. The minimum atomic E-state index is -1.08. The molecule has 3 rings (SSSR count). The van der Waals surface area contributed by atoms with E-state index in [1.807, 2.05) is 0 Å². The summed E-state index contributed by atoms with van der Waals surface area (Å²) in [6, 6.07) is 5.03. The lowest BCUT2D eigenvalue weighted by molar-refractivity contribution is 0.0701. The number of benzene rings is 1. The second kappa shape index (κ2) is 6.72. The van der Waals surface area contributed by atoms with Crippen LogP contribution in [-0.2, 0) is 6.54 Å². The number of carboxylic acid groups (broad SMARTS) is 1. The molecule has 0 radical (unpaired) electrons. The summed E-state index contributed by atoms with van der Waals surface area (Å²) in [5.74, 6) is -0.614. The molecular formula is C18H16N2O5S. The number of methoxy groups -OCH3 is 1. The molecule has 0 bridgehead atoms. The van der Waals surface area contributed by atoms with Crippen molar-refractivity contribution in [3.63, 3.8) is 0 Å². The number of ether oxygens (including phenoxy) is 1. The fourth-order valence-electron chi connectivity index (χ4n) is 2.78. The van der Waals surface area contributed by atoms with Crippen molar-refractivity contribution in [2.24, 2.45) is 0 Å². The van der Waals surface area contributed by atoms with Gasteiger partial charge in [-0.1, -0.05) is 0 Å². The fourth-order valence-corrected chi connectivity index (χ4v) is 3.76. The average molecular weight is 372 g/mol. The fraction of sp³-hybridized carbons (Fsp3) is 0.222. The van der Waals surface area contributed by atoms with Crippen molar-refractivity contribution in [1.29, 1.82) is 0 Å². The Hall–Kier alpha value is -3.00. The average Bonchev–Trinajstić information content (AvgIpc) is 2.95. The maximum absolute atomic E-state index is 12.8. The summed E-state index contributed by atoms with van der Waals surface area (Å²) in [7, 11) is 1.51. The van der Waals surface area contributed by atoms with E-state index in [1.165, 1.54) is 24.9 Å². The van der Waals surface area contributed by atoms with Crippen molar-refractivity contribution >= 4 is 33.3 Å². The van der Waals surface area contributed by atoms with Crippen molar-refractivity contribution in [1.82, 2.24) is 9.55 Å². The topological polar surface area (TPSA) is 98.5 Å². The molecular weight excluding hydrogens is 356 g/mol. The maximum Gasteiger partial charge on any atom is 0.346 e. The number of aromatic nitrogens is 2. The zero-order chi connectivity index (χ0) is 19.0. The summed E-state index contributed by atoms with van der Waals surface area (Å²) >= 11 is 0.982. The summed E-state index contributed by atoms with van der Waals surface area (Å²) < 4.78 is 6.70. The van der Waals surface area contributed by atoms with E-state index < -0.39 is 5.97 Å². The van der Waals surface area contributed by atoms with Crippen LogP contribution in [0.4, 0.5) is 0 Å². The van der Waals surface area contributed by atoms with Gasteiger partial charge in [0.1, 0.15) is 15.5 Å². The highest BCUT2D eigenvalue weighted by Gasteiger charge is 2.19. The van der Waals surface area contributed by atoms with Gasteiger partial charge in [-0.3, -0.25) is 14.2 Å². The summed E-state index contributed by atoms with van der Waals surface area (Å²) in [5, 5.41) is 9.54. The number of aromatic carboxylic acids is 1. The molecule has 0 spiro atoms. The predicted octanol–water partition coefficient (Wildman–Crippen LogP) is 2.72. The highest BCUT2D eigenvalue weighted by molar-refractivity contribution is 7.20. The van der Waals surface area contributed by atoms with Gasteiger partial charge in [-0.05, 0) is 37.6 Å². The zero-order valence-corrected chi connectivity index (χ0v) is 15.2. The van der Waals surface area contributed by atoms with Crippen LogP contribution in [-0.4, -0.2) is 33.5 Å². The molecule has 134 valence electrons.